The summed E-state index contributed by atoms with van der Waals surface area (Å²) in [7, 11) is 0. The molecule has 5 N–H and O–H groups in total. The van der Waals surface area contributed by atoms with E-state index in [0.717, 1.165) is 6.21 Å². The average Bonchev–Trinajstić information content (AvgIpc) is 1.65. The first-order chi connectivity index (χ1) is 3.18. The molecule has 0 aliphatic rings. The predicted molar refractivity (Wildman–Crippen MR) is 30.0 cm³/mol. The number of hydrogen-bond donors (Lipinski definition) is 3. The zero-order valence-corrected chi connectivity index (χ0v) is 4.37. The van der Waals surface area contributed by atoms with Gasteiger partial charge >= 0.3 is 0 Å². The molecule has 40 valence electrons. The molecule has 0 amide bonds. The minimum Gasteiger partial charge on any atom is -0.384 e. The number of nitrogens with two attached hydrogens (primary N) is 2. The van der Waals surface area contributed by atoms with Crippen LogP contribution < -0.4 is 11.5 Å². The minimum atomic E-state index is -0.0170. The molecule has 3 nitrogen and oxygen atoms in total. The molecule has 0 aromatic carbocycles. The van der Waals surface area contributed by atoms with E-state index in [9.17, 15) is 0 Å². The summed E-state index contributed by atoms with van der Waals surface area (Å²) in [4.78, 5) is 0. The fraction of sp³-hybridized carbons (Fsp3) is 0. The first-order valence-electron chi connectivity index (χ1n) is 1.59. The molecule has 0 unspecified atom stereocenters. The van der Waals surface area contributed by atoms with Gasteiger partial charge in [-0.2, -0.15) is 0 Å². The lowest BCUT2D eigenvalue weighted by molar-refractivity contribution is 1.25. The second-order valence-corrected chi connectivity index (χ2v) is 1.35. The molecule has 7 heavy (non-hydrogen) atoms. The fourth-order valence-corrected chi connectivity index (χ4v) is 0.0833. The van der Waals surface area contributed by atoms with E-state index in [1.54, 1.807) is 0 Å². The molecule has 0 atom stereocenters. The largest absolute Gasteiger partial charge is 0.384 e. The summed E-state index contributed by atoms with van der Waals surface area (Å²) in [6.45, 7) is 0. The lowest BCUT2D eigenvalue weighted by Gasteiger charge is -1.87. The van der Waals surface area contributed by atoms with Gasteiger partial charge in [0.05, 0.1) is 5.03 Å². The molecule has 0 aliphatic heterocycles. The lowest BCUT2D eigenvalue weighted by Crippen LogP contribution is -2.10. The first-order valence-corrected chi connectivity index (χ1v) is 1.97. The Morgan fingerprint density at radius 2 is 2.00 bits per heavy atom. The van der Waals surface area contributed by atoms with Crippen LogP contribution in [0.2, 0.25) is 0 Å². The van der Waals surface area contributed by atoms with Crippen molar-refractivity contribution >= 4 is 17.8 Å². The first kappa shape index (κ1) is 6.30. The van der Waals surface area contributed by atoms with Crippen molar-refractivity contribution in [1.29, 1.82) is 5.41 Å². The smallest absolute Gasteiger partial charge is 0.114 e. The van der Waals surface area contributed by atoms with E-state index < -0.39 is 0 Å². The van der Waals surface area contributed by atoms with Crippen LogP contribution >= 0.6 is 11.6 Å². The molecule has 0 saturated carbocycles. The molecular weight excluding hydrogens is 114 g/mol. The molecule has 0 aliphatic carbocycles. The Bertz CT molecular complexity index is 103. The van der Waals surface area contributed by atoms with Crippen LogP contribution in [0.15, 0.2) is 10.9 Å². The maximum absolute atomic E-state index is 6.46. The highest BCUT2D eigenvalue weighted by molar-refractivity contribution is 6.39. The average molecular weight is 120 g/mol. The highest BCUT2D eigenvalue weighted by Crippen LogP contribution is 1.93. The monoisotopic (exact) mass is 119 g/mol. The number of halogens is 1. The molecule has 0 saturated heterocycles. The topological polar surface area (TPSA) is 75.9 Å². The highest BCUT2D eigenvalue weighted by atomic mass is 35.5. The van der Waals surface area contributed by atoms with Gasteiger partial charge in [-0.3, -0.25) is 0 Å². The van der Waals surface area contributed by atoms with Crippen molar-refractivity contribution in [2.24, 2.45) is 11.5 Å². The zero-order valence-electron chi connectivity index (χ0n) is 3.61. The van der Waals surface area contributed by atoms with E-state index in [-0.39, 0.29) is 10.9 Å². The molecule has 0 rings (SSSR count). The molecule has 0 radical (unpaired) electrons. The summed E-state index contributed by atoms with van der Waals surface area (Å²) in [5, 5.41) is 6.55. The summed E-state index contributed by atoms with van der Waals surface area (Å²) in [6.07, 6.45) is 0.886. The van der Waals surface area contributed by atoms with Gasteiger partial charge in [0.25, 0.3) is 0 Å². The lowest BCUT2D eigenvalue weighted by atomic mass is 10.6. The third-order valence-corrected chi connectivity index (χ3v) is 0.730. The van der Waals surface area contributed by atoms with E-state index in [4.69, 9.17) is 28.5 Å². The molecule has 0 fully saturated rings. The molecule has 0 heterocycles. The van der Waals surface area contributed by atoms with Crippen LogP contribution in [0.4, 0.5) is 0 Å². The Balaban J connectivity index is 3.98. The van der Waals surface area contributed by atoms with Gasteiger partial charge in [-0.15, -0.1) is 0 Å². The van der Waals surface area contributed by atoms with Gasteiger partial charge in [0.15, 0.2) is 0 Å². The third-order valence-electron chi connectivity index (χ3n) is 0.402. The van der Waals surface area contributed by atoms with E-state index in [2.05, 4.69) is 0 Å². The number of nitrogens with one attached hydrogen (secondary N) is 1. The molecule has 0 aromatic heterocycles. The maximum Gasteiger partial charge on any atom is 0.114 e. The van der Waals surface area contributed by atoms with Crippen LogP contribution in [0, 0.1) is 5.41 Å². The Kier molecular flexibility index (Phi) is 2.22. The second kappa shape index (κ2) is 2.47. The van der Waals surface area contributed by atoms with E-state index in [1.807, 2.05) is 0 Å². The number of rotatable bonds is 1. The van der Waals surface area contributed by atoms with Crippen molar-refractivity contribution in [3.63, 3.8) is 0 Å². The molecular formula is C3H6ClN3. The van der Waals surface area contributed by atoms with Crippen LogP contribution in [-0.2, 0) is 0 Å². The van der Waals surface area contributed by atoms with Crippen LogP contribution in [-0.4, -0.2) is 6.21 Å². The van der Waals surface area contributed by atoms with Gasteiger partial charge in [0, 0.05) is 6.21 Å². The van der Waals surface area contributed by atoms with Crippen LogP contribution in [0.3, 0.4) is 0 Å². The summed E-state index contributed by atoms with van der Waals surface area (Å²) >= 11 is 5.19. The summed E-state index contributed by atoms with van der Waals surface area (Å²) in [5.41, 5.74) is 9.84. The fourth-order valence-electron chi connectivity index (χ4n) is 0.0833. The Hall–Kier alpha value is -0.700. The molecule has 4 heteroatoms. The normalized spacial score (nSPS) is 7.57. The van der Waals surface area contributed by atoms with Gasteiger partial charge in [-0.1, -0.05) is 11.6 Å². The quantitative estimate of drug-likeness (QED) is 0.424. The van der Waals surface area contributed by atoms with Gasteiger partial charge in [0.1, 0.15) is 5.82 Å². The summed E-state index contributed by atoms with van der Waals surface area (Å²) < 4.78 is 0. The van der Waals surface area contributed by atoms with Crippen molar-refractivity contribution in [2.45, 2.75) is 0 Å². The van der Waals surface area contributed by atoms with Crippen molar-refractivity contribution in [2.75, 3.05) is 0 Å². The Morgan fingerprint density at radius 1 is 1.57 bits per heavy atom. The summed E-state index contributed by atoms with van der Waals surface area (Å²) in [5.74, 6) is -0.0170. The second-order valence-electron chi connectivity index (χ2n) is 0.948. The van der Waals surface area contributed by atoms with Crippen LogP contribution in [0.5, 0.6) is 0 Å². The van der Waals surface area contributed by atoms with Gasteiger partial charge in [0.2, 0.25) is 0 Å². The standard InChI is InChI=1S/C3H6ClN3/c4-2(1-5)3(6)7/h1,5H,6-7H2. The highest BCUT2D eigenvalue weighted by Gasteiger charge is 1.85. The van der Waals surface area contributed by atoms with E-state index in [1.165, 1.54) is 0 Å². The van der Waals surface area contributed by atoms with E-state index >= 15 is 0 Å². The van der Waals surface area contributed by atoms with Crippen molar-refractivity contribution in [3.8, 4) is 0 Å². The molecule has 0 bridgehead atoms. The Labute approximate surface area is 46.4 Å². The van der Waals surface area contributed by atoms with Crippen molar-refractivity contribution in [1.82, 2.24) is 0 Å². The van der Waals surface area contributed by atoms with Gasteiger partial charge in [-0.25, -0.2) is 0 Å². The molecule has 0 spiro atoms. The minimum absolute atomic E-state index is 0.0170. The van der Waals surface area contributed by atoms with Crippen molar-refractivity contribution < 1.29 is 0 Å². The zero-order chi connectivity index (χ0) is 5.86. The molecule has 0 aromatic rings. The maximum atomic E-state index is 6.46. The van der Waals surface area contributed by atoms with Crippen LogP contribution in [0.1, 0.15) is 0 Å². The Morgan fingerprint density at radius 3 is 2.00 bits per heavy atom. The van der Waals surface area contributed by atoms with Gasteiger partial charge < -0.3 is 16.9 Å². The summed E-state index contributed by atoms with van der Waals surface area (Å²) in [6, 6.07) is 0. The van der Waals surface area contributed by atoms with E-state index in [0.29, 0.717) is 0 Å². The SMILES string of the molecule is N=CC(Cl)=C(N)N. The van der Waals surface area contributed by atoms with Crippen LogP contribution in [0.25, 0.3) is 0 Å². The number of hydrogen-bond acceptors (Lipinski definition) is 3. The van der Waals surface area contributed by atoms with Gasteiger partial charge in [-0.05, 0) is 0 Å². The predicted octanol–water partition coefficient (Wildman–Crippen LogP) is -0.0387. The number of allylic oxidation sites excluding steroid dienone is 1. The third kappa shape index (κ3) is 2.05. The van der Waals surface area contributed by atoms with Crippen molar-refractivity contribution in [3.05, 3.63) is 10.9 Å².